The maximum absolute atomic E-state index is 12.6. The van der Waals surface area contributed by atoms with Crippen molar-refractivity contribution in [1.82, 2.24) is 24.5 Å². The van der Waals surface area contributed by atoms with Crippen LogP contribution in [0.5, 0.6) is 0 Å². The van der Waals surface area contributed by atoms with Gasteiger partial charge in [-0.25, -0.2) is 15.0 Å². The molecule has 0 bridgehead atoms. The molecule has 3 heterocycles. The zero-order valence-corrected chi connectivity index (χ0v) is 14.5. The number of hydrogen-bond acceptors (Lipinski definition) is 5. The Morgan fingerprint density at radius 3 is 3.04 bits per heavy atom. The minimum Gasteiger partial charge on any atom is -0.350 e. The van der Waals surface area contributed by atoms with E-state index in [-0.39, 0.29) is 11.2 Å². The number of nitrogens with one attached hydrogen (secondary N) is 2. The third-order valence-corrected chi connectivity index (χ3v) is 5.13. The van der Waals surface area contributed by atoms with Crippen molar-refractivity contribution >= 4 is 45.4 Å². The van der Waals surface area contributed by atoms with Crippen molar-refractivity contribution in [3.8, 4) is 0 Å². The third-order valence-electron chi connectivity index (χ3n) is 4.03. The molecule has 0 aliphatic carbocycles. The van der Waals surface area contributed by atoms with E-state index in [1.165, 1.54) is 18.1 Å². The molecule has 1 atom stereocenters. The second-order valence-corrected chi connectivity index (χ2v) is 7.02. The Balaban J connectivity index is 1.55. The summed E-state index contributed by atoms with van der Waals surface area (Å²) in [4.78, 5) is 28.1. The number of anilines is 1. The number of benzene rings is 1. The van der Waals surface area contributed by atoms with Crippen LogP contribution in [0.25, 0.3) is 22.1 Å². The van der Waals surface area contributed by atoms with Crippen LogP contribution in [0.2, 0.25) is 0 Å². The lowest BCUT2D eigenvalue weighted by Gasteiger charge is -2.12. The van der Waals surface area contributed by atoms with E-state index in [4.69, 9.17) is 0 Å². The van der Waals surface area contributed by atoms with Crippen LogP contribution in [0.1, 0.15) is 6.92 Å². The number of fused-ring (bicyclic) bond motifs is 2. The maximum atomic E-state index is 12.6. The molecule has 1 amide bonds. The Morgan fingerprint density at radius 1 is 1.28 bits per heavy atom. The Morgan fingerprint density at radius 2 is 2.16 bits per heavy atom. The predicted molar refractivity (Wildman–Crippen MR) is 98.6 cm³/mol. The van der Waals surface area contributed by atoms with Gasteiger partial charge in [-0.15, -0.1) is 0 Å². The average molecular weight is 352 g/mol. The van der Waals surface area contributed by atoms with Gasteiger partial charge in [-0.1, -0.05) is 17.8 Å². The summed E-state index contributed by atoms with van der Waals surface area (Å²) < 4.78 is 2.03. The van der Waals surface area contributed by atoms with Crippen molar-refractivity contribution < 1.29 is 4.79 Å². The van der Waals surface area contributed by atoms with Gasteiger partial charge >= 0.3 is 0 Å². The van der Waals surface area contributed by atoms with Crippen molar-refractivity contribution in [3.63, 3.8) is 0 Å². The molecule has 0 radical (unpaired) electrons. The van der Waals surface area contributed by atoms with Crippen LogP contribution in [-0.2, 0) is 11.8 Å². The van der Waals surface area contributed by atoms with Gasteiger partial charge in [-0.3, -0.25) is 4.79 Å². The highest BCUT2D eigenvalue weighted by Gasteiger charge is 2.18. The summed E-state index contributed by atoms with van der Waals surface area (Å²) in [6.45, 7) is 1.86. The molecule has 0 aliphatic heterocycles. The van der Waals surface area contributed by atoms with Crippen LogP contribution in [0.15, 0.2) is 48.1 Å². The minimum atomic E-state index is -0.319. The summed E-state index contributed by atoms with van der Waals surface area (Å²) in [5, 5.41) is 4.43. The van der Waals surface area contributed by atoms with Gasteiger partial charge in [-0.2, -0.15) is 0 Å². The normalized spacial score (nSPS) is 12.6. The van der Waals surface area contributed by atoms with Crippen molar-refractivity contribution in [2.45, 2.75) is 17.2 Å². The number of carbonyl (C=O) groups is 1. The number of aromatic amines is 1. The monoisotopic (exact) mass is 352 g/mol. The van der Waals surface area contributed by atoms with Crippen LogP contribution in [0.3, 0.4) is 0 Å². The standard InChI is InChI=1S/C17H16N6OS/c1-10(25-17-14-15(19-8-18-14)20-9-21-17)16(24)22-12-4-3-5-13-11(12)6-7-23(13)2/h3-10H,1-2H3,(H,22,24)(H,18,19,20,21)/t10-/m1/s1. The molecule has 8 heteroatoms. The quantitative estimate of drug-likeness (QED) is 0.435. The van der Waals surface area contributed by atoms with Crippen LogP contribution in [-0.4, -0.2) is 35.7 Å². The first-order chi connectivity index (χ1) is 12.1. The van der Waals surface area contributed by atoms with E-state index in [0.717, 1.165) is 22.1 Å². The van der Waals surface area contributed by atoms with Gasteiger partial charge in [0.1, 0.15) is 16.9 Å². The van der Waals surface area contributed by atoms with Gasteiger partial charge in [-0.05, 0) is 25.1 Å². The molecule has 1 aromatic carbocycles. The fourth-order valence-electron chi connectivity index (χ4n) is 2.70. The van der Waals surface area contributed by atoms with E-state index < -0.39 is 0 Å². The highest BCUT2D eigenvalue weighted by atomic mass is 32.2. The van der Waals surface area contributed by atoms with E-state index in [1.807, 2.05) is 49.0 Å². The minimum absolute atomic E-state index is 0.0763. The molecule has 0 saturated carbocycles. The number of hydrogen-bond donors (Lipinski definition) is 2. The van der Waals surface area contributed by atoms with Crippen molar-refractivity contribution in [2.24, 2.45) is 7.05 Å². The van der Waals surface area contributed by atoms with Gasteiger partial charge in [0.05, 0.1) is 17.3 Å². The SMILES string of the molecule is C[C@@H](Sc1ncnc2nc[nH]c12)C(=O)Nc1cccc2c1ccn2C. The summed E-state index contributed by atoms with van der Waals surface area (Å²) in [6, 6.07) is 7.88. The van der Waals surface area contributed by atoms with Gasteiger partial charge in [0.2, 0.25) is 5.91 Å². The number of nitrogens with zero attached hydrogens (tertiary/aromatic N) is 4. The first-order valence-corrected chi connectivity index (χ1v) is 8.67. The Bertz CT molecular complexity index is 1070. The largest absolute Gasteiger partial charge is 0.350 e. The molecule has 0 fully saturated rings. The average Bonchev–Trinajstić information content (AvgIpc) is 3.23. The third kappa shape index (κ3) is 2.85. The molecule has 126 valence electrons. The summed E-state index contributed by atoms with van der Waals surface area (Å²) in [5.41, 5.74) is 3.23. The van der Waals surface area contributed by atoms with Gasteiger partial charge in [0.25, 0.3) is 0 Å². The number of amides is 1. The number of carbonyl (C=O) groups excluding carboxylic acids is 1. The van der Waals surface area contributed by atoms with Crippen LogP contribution < -0.4 is 5.32 Å². The molecule has 0 unspecified atom stereocenters. The van der Waals surface area contributed by atoms with E-state index in [1.54, 1.807) is 6.33 Å². The lowest BCUT2D eigenvalue weighted by atomic mass is 10.2. The molecule has 0 saturated heterocycles. The molecule has 4 rings (SSSR count). The highest BCUT2D eigenvalue weighted by Crippen LogP contribution is 2.28. The molecule has 2 N–H and O–H groups in total. The van der Waals surface area contributed by atoms with Crippen molar-refractivity contribution in [2.75, 3.05) is 5.32 Å². The summed E-state index contributed by atoms with van der Waals surface area (Å²) in [5.74, 6) is -0.0763. The number of thioether (sulfide) groups is 1. The van der Waals surface area contributed by atoms with Crippen LogP contribution in [0.4, 0.5) is 5.69 Å². The van der Waals surface area contributed by atoms with Crippen molar-refractivity contribution in [1.29, 1.82) is 0 Å². The molecular formula is C17H16N6OS. The first-order valence-electron chi connectivity index (χ1n) is 7.79. The van der Waals surface area contributed by atoms with Gasteiger partial charge in [0.15, 0.2) is 5.65 Å². The molecule has 3 aromatic heterocycles. The Kier molecular flexibility index (Phi) is 3.89. The second kappa shape index (κ2) is 6.21. The smallest absolute Gasteiger partial charge is 0.237 e. The number of aromatic nitrogens is 5. The van der Waals surface area contributed by atoms with E-state index in [0.29, 0.717) is 10.7 Å². The zero-order valence-electron chi connectivity index (χ0n) is 13.7. The van der Waals surface area contributed by atoms with Crippen molar-refractivity contribution in [3.05, 3.63) is 43.1 Å². The van der Waals surface area contributed by atoms with Crippen LogP contribution >= 0.6 is 11.8 Å². The first kappa shape index (κ1) is 15.6. The van der Waals surface area contributed by atoms with Crippen LogP contribution in [0, 0.1) is 0 Å². The number of H-pyrrole nitrogens is 1. The fourth-order valence-corrected chi connectivity index (χ4v) is 3.58. The summed E-state index contributed by atoms with van der Waals surface area (Å²) in [6.07, 6.45) is 5.01. The zero-order chi connectivity index (χ0) is 17.4. The number of aryl methyl sites for hydroxylation is 1. The fraction of sp³-hybridized carbons (Fsp3) is 0.176. The molecule has 7 nitrogen and oxygen atoms in total. The Labute approximate surface area is 147 Å². The Hall–Kier alpha value is -2.87. The predicted octanol–water partition coefficient (Wildman–Crippen LogP) is 2.96. The molecule has 0 spiro atoms. The van der Waals surface area contributed by atoms with Gasteiger partial charge in [0, 0.05) is 24.1 Å². The number of imidazole rings is 1. The molecule has 0 aliphatic rings. The second-order valence-electron chi connectivity index (χ2n) is 5.69. The number of rotatable bonds is 4. The molecular weight excluding hydrogens is 336 g/mol. The summed E-state index contributed by atoms with van der Waals surface area (Å²) in [7, 11) is 1.98. The topological polar surface area (TPSA) is 88.5 Å². The molecule has 4 aromatic rings. The van der Waals surface area contributed by atoms with E-state index >= 15 is 0 Å². The maximum Gasteiger partial charge on any atom is 0.237 e. The lowest BCUT2D eigenvalue weighted by molar-refractivity contribution is -0.115. The summed E-state index contributed by atoms with van der Waals surface area (Å²) >= 11 is 1.38. The van der Waals surface area contributed by atoms with Gasteiger partial charge < -0.3 is 14.9 Å². The highest BCUT2D eigenvalue weighted by molar-refractivity contribution is 8.00. The lowest BCUT2D eigenvalue weighted by Crippen LogP contribution is -2.22. The van der Waals surface area contributed by atoms with E-state index in [2.05, 4.69) is 25.3 Å². The molecule has 25 heavy (non-hydrogen) atoms. The van der Waals surface area contributed by atoms with E-state index in [9.17, 15) is 4.79 Å².